The van der Waals surface area contributed by atoms with Crippen LogP contribution in [0.1, 0.15) is 18.0 Å². The quantitative estimate of drug-likeness (QED) is 0.721. The number of carbonyl (C=O) groups is 1. The predicted octanol–water partition coefficient (Wildman–Crippen LogP) is 4.13. The maximum Gasteiger partial charge on any atom is 0.322 e. The van der Waals surface area contributed by atoms with Crippen molar-refractivity contribution in [1.29, 1.82) is 0 Å². The largest absolute Gasteiger partial charge is 0.394 e. The topological polar surface area (TPSA) is 55.8 Å². The third-order valence-corrected chi connectivity index (χ3v) is 6.24. The van der Waals surface area contributed by atoms with Gasteiger partial charge in [-0.15, -0.1) is 0 Å². The van der Waals surface area contributed by atoms with Crippen molar-refractivity contribution in [2.24, 2.45) is 5.92 Å². The average Bonchev–Trinajstić information content (AvgIpc) is 3.10. The zero-order valence-electron chi connectivity index (χ0n) is 15.2. The molecular formula is C20H20BrF2N3O2. The Kier molecular flexibility index (Phi) is 5.01. The average molecular weight is 452 g/mol. The maximum atomic E-state index is 14.0. The number of rotatable bonds is 2. The Bertz CT molecular complexity index is 926. The minimum absolute atomic E-state index is 0.0266. The number of urea groups is 1. The van der Waals surface area contributed by atoms with E-state index in [1.807, 2.05) is 25.2 Å². The summed E-state index contributed by atoms with van der Waals surface area (Å²) in [5.41, 5.74) is 1.73. The molecule has 0 bridgehead atoms. The van der Waals surface area contributed by atoms with Gasteiger partial charge in [-0.05, 0) is 42.3 Å². The molecule has 0 aliphatic carbocycles. The molecule has 2 N–H and O–H groups in total. The van der Waals surface area contributed by atoms with Gasteiger partial charge in [0.05, 0.1) is 24.4 Å². The van der Waals surface area contributed by atoms with Crippen LogP contribution < -0.4 is 10.2 Å². The van der Waals surface area contributed by atoms with E-state index >= 15 is 0 Å². The van der Waals surface area contributed by atoms with Crippen LogP contribution in [-0.2, 0) is 0 Å². The monoisotopic (exact) mass is 451 g/mol. The van der Waals surface area contributed by atoms with E-state index < -0.39 is 17.7 Å². The van der Waals surface area contributed by atoms with E-state index in [9.17, 15) is 18.7 Å². The number of halogens is 3. The number of fused-ring (bicyclic) bond motifs is 3. The highest BCUT2D eigenvalue weighted by atomic mass is 79.9. The van der Waals surface area contributed by atoms with Crippen LogP contribution in [0, 0.1) is 17.6 Å². The van der Waals surface area contributed by atoms with Gasteiger partial charge in [0.1, 0.15) is 11.6 Å². The van der Waals surface area contributed by atoms with Crippen molar-refractivity contribution in [3.63, 3.8) is 0 Å². The molecule has 5 nitrogen and oxygen atoms in total. The second-order valence-corrected chi connectivity index (χ2v) is 8.12. The lowest BCUT2D eigenvalue weighted by atomic mass is 9.82. The molecule has 2 aliphatic rings. The van der Waals surface area contributed by atoms with Crippen LogP contribution in [0.2, 0.25) is 0 Å². The molecule has 148 valence electrons. The van der Waals surface area contributed by atoms with Gasteiger partial charge in [0.25, 0.3) is 0 Å². The molecule has 0 spiro atoms. The molecule has 2 heterocycles. The summed E-state index contributed by atoms with van der Waals surface area (Å²) in [4.78, 5) is 16.6. The van der Waals surface area contributed by atoms with Gasteiger partial charge < -0.3 is 20.2 Å². The Balaban J connectivity index is 1.69. The molecule has 0 radical (unpaired) electrons. The fraction of sp³-hybridized carbons (Fsp3) is 0.350. The lowest BCUT2D eigenvalue weighted by Crippen LogP contribution is -2.48. The number of benzene rings is 2. The van der Waals surface area contributed by atoms with Crippen molar-refractivity contribution >= 4 is 33.3 Å². The van der Waals surface area contributed by atoms with E-state index in [2.05, 4.69) is 26.1 Å². The molecular weight excluding hydrogens is 432 g/mol. The molecule has 2 aromatic carbocycles. The molecule has 0 saturated carbocycles. The standard InChI is InChI=1S/C20H20BrF2N3O2/c1-25-17-5-2-11(21)8-14(17)19-13(18(25)10-27)6-7-26(19)20(28)24-16-9-12(22)3-4-15(16)23/h2-5,8-9,13,18-19,27H,6-7,10H2,1H3,(H,24,28)/t13-,18-,19-/m0/s1. The zero-order valence-corrected chi connectivity index (χ0v) is 16.8. The summed E-state index contributed by atoms with van der Waals surface area (Å²) in [6.07, 6.45) is 0.714. The Morgan fingerprint density at radius 1 is 1.29 bits per heavy atom. The molecule has 1 fully saturated rings. The van der Waals surface area contributed by atoms with Crippen molar-refractivity contribution in [3.05, 3.63) is 58.1 Å². The Labute approximate surface area is 170 Å². The molecule has 28 heavy (non-hydrogen) atoms. The van der Waals surface area contributed by atoms with E-state index in [0.717, 1.165) is 33.9 Å². The van der Waals surface area contributed by atoms with Crippen molar-refractivity contribution < 1.29 is 18.7 Å². The van der Waals surface area contributed by atoms with E-state index in [0.29, 0.717) is 13.0 Å². The molecule has 2 aliphatic heterocycles. The molecule has 0 aromatic heterocycles. The van der Waals surface area contributed by atoms with Crippen LogP contribution in [0.4, 0.5) is 25.0 Å². The second-order valence-electron chi connectivity index (χ2n) is 7.21. The molecule has 0 unspecified atom stereocenters. The van der Waals surface area contributed by atoms with Gasteiger partial charge in [-0.25, -0.2) is 13.6 Å². The summed E-state index contributed by atoms with van der Waals surface area (Å²) in [5, 5.41) is 12.5. The van der Waals surface area contributed by atoms with Crippen molar-refractivity contribution in [2.45, 2.75) is 18.5 Å². The van der Waals surface area contributed by atoms with Crippen LogP contribution in [-0.4, -0.2) is 42.3 Å². The molecule has 3 atom stereocenters. The first-order chi connectivity index (χ1) is 13.4. The highest BCUT2D eigenvalue weighted by Gasteiger charge is 2.47. The number of anilines is 2. The third kappa shape index (κ3) is 3.14. The Morgan fingerprint density at radius 3 is 2.82 bits per heavy atom. The third-order valence-electron chi connectivity index (χ3n) is 5.74. The number of carbonyl (C=O) groups excluding carboxylic acids is 1. The van der Waals surface area contributed by atoms with Crippen LogP contribution >= 0.6 is 15.9 Å². The Morgan fingerprint density at radius 2 is 2.07 bits per heavy atom. The highest BCUT2D eigenvalue weighted by molar-refractivity contribution is 9.10. The molecule has 1 saturated heterocycles. The number of aliphatic hydroxyl groups is 1. The summed E-state index contributed by atoms with van der Waals surface area (Å²) < 4.78 is 28.3. The first-order valence-electron chi connectivity index (χ1n) is 9.06. The molecule has 2 aromatic rings. The van der Waals surface area contributed by atoms with Crippen LogP contribution in [0.25, 0.3) is 0 Å². The summed E-state index contributed by atoms with van der Waals surface area (Å²) in [7, 11) is 1.94. The van der Waals surface area contributed by atoms with Crippen molar-refractivity contribution in [3.8, 4) is 0 Å². The second kappa shape index (κ2) is 7.33. The minimum Gasteiger partial charge on any atom is -0.394 e. The number of hydrogen-bond donors (Lipinski definition) is 2. The van der Waals surface area contributed by atoms with Gasteiger partial charge in [-0.1, -0.05) is 15.9 Å². The van der Waals surface area contributed by atoms with Crippen molar-refractivity contribution in [2.75, 3.05) is 30.4 Å². The summed E-state index contributed by atoms with van der Waals surface area (Å²) in [6.45, 7) is 0.440. The molecule has 4 rings (SSSR count). The number of nitrogens with one attached hydrogen (secondary N) is 1. The van der Waals surface area contributed by atoms with E-state index in [-0.39, 0.29) is 30.3 Å². The van der Waals surface area contributed by atoms with Crippen LogP contribution in [0.5, 0.6) is 0 Å². The fourth-order valence-corrected chi connectivity index (χ4v) is 4.81. The fourth-order valence-electron chi connectivity index (χ4n) is 4.43. The number of aliphatic hydroxyl groups excluding tert-OH is 1. The molecule has 2 amide bonds. The predicted molar refractivity (Wildman–Crippen MR) is 106 cm³/mol. The van der Waals surface area contributed by atoms with Gasteiger partial charge in [-0.2, -0.15) is 0 Å². The van der Waals surface area contributed by atoms with Crippen LogP contribution in [0.15, 0.2) is 40.9 Å². The van der Waals surface area contributed by atoms with Crippen molar-refractivity contribution in [1.82, 2.24) is 4.90 Å². The van der Waals surface area contributed by atoms with E-state index in [1.54, 1.807) is 4.90 Å². The lowest BCUT2D eigenvalue weighted by molar-refractivity contribution is 0.168. The number of likely N-dealkylation sites (N-methyl/N-ethyl adjacent to an activating group) is 1. The van der Waals surface area contributed by atoms with Gasteiger partial charge in [0.15, 0.2) is 0 Å². The van der Waals surface area contributed by atoms with E-state index in [1.165, 1.54) is 0 Å². The first-order valence-corrected chi connectivity index (χ1v) is 9.86. The summed E-state index contributed by atoms with van der Waals surface area (Å²) in [5.74, 6) is -1.27. The lowest BCUT2D eigenvalue weighted by Gasteiger charge is -2.44. The summed E-state index contributed by atoms with van der Waals surface area (Å²) >= 11 is 3.49. The zero-order chi connectivity index (χ0) is 20.0. The first kappa shape index (κ1) is 19.1. The highest BCUT2D eigenvalue weighted by Crippen LogP contribution is 2.49. The van der Waals surface area contributed by atoms with Gasteiger partial charge in [-0.3, -0.25) is 0 Å². The molecule has 8 heteroatoms. The van der Waals surface area contributed by atoms with Crippen LogP contribution in [0.3, 0.4) is 0 Å². The number of nitrogens with zero attached hydrogens (tertiary/aromatic N) is 2. The normalized spacial score (nSPS) is 23.4. The van der Waals surface area contributed by atoms with Gasteiger partial charge in [0.2, 0.25) is 0 Å². The Hall–Kier alpha value is -2.19. The smallest absolute Gasteiger partial charge is 0.322 e. The van der Waals surface area contributed by atoms with Gasteiger partial charge in [0, 0.05) is 35.7 Å². The number of likely N-dealkylation sites (tertiary alicyclic amines) is 1. The minimum atomic E-state index is -0.690. The van der Waals surface area contributed by atoms with Gasteiger partial charge >= 0.3 is 6.03 Å². The van der Waals surface area contributed by atoms with E-state index in [4.69, 9.17) is 0 Å². The SMILES string of the molecule is CN1c2ccc(Br)cc2[C@@H]2[C@@H](CCN2C(=O)Nc2cc(F)ccc2F)[C@@H]1CO. The number of amides is 2. The maximum absolute atomic E-state index is 14.0. The number of hydrogen-bond acceptors (Lipinski definition) is 3. The summed E-state index contributed by atoms with van der Waals surface area (Å²) in [6, 6.07) is 7.96.